The third-order valence-electron chi connectivity index (χ3n) is 14.3. The molecule has 0 aliphatic heterocycles. The molecule has 1 aliphatic carbocycles. The number of rotatable bonds is 8. The van der Waals surface area contributed by atoms with Gasteiger partial charge in [-0.25, -0.2) is 0 Å². The fourth-order valence-corrected chi connectivity index (χ4v) is 10.9. The van der Waals surface area contributed by atoms with Crippen LogP contribution in [0.5, 0.6) is 0 Å². The van der Waals surface area contributed by atoms with E-state index in [0.29, 0.717) is 0 Å². The summed E-state index contributed by atoms with van der Waals surface area (Å²) in [5, 5.41) is 2.55. The van der Waals surface area contributed by atoms with Crippen molar-refractivity contribution in [2.24, 2.45) is 0 Å². The fourth-order valence-electron chi connectivity index (χ4n) is 10.9. The zero-order valence-corrected chi connectivity index (χ0v) is 38.3. The Morgan fingerprint density at radius 3 is 1.54 bits per heavy atom. The van der Waals surface area contributed by atoms with E-state index in [-0.39, 0.29) is 5.41 Å². The maximum Gasteiger partial charge on any atom is 0.0541 e. The maximum atomic E-state index is 2.43. The molecule has 2 nitrogen and oxygen atoms in total. The van der Waals surface area contributed by atoms with Gasteiger partial charge in [0.2, 0.25) is 0 Å². The number of hydrogen-bond donors (Lipinski definition) is 0. The minimum Gasteiger partial charge on any atom is -0.310 e. The van der Waals surface area contributed by atoms with E-state index >= 15 is 0 Å². The van der Waals surface area contributed by atoms with Crippen LogP contribution in [0.4, 0.5) is 17.1 Å². The molecule has 0 unspecified atom stereocenters. The van der Waals surface area contributed by atoms with E-state index in [1.165, 1.54) is 105 Å². The van der Waals surface area contributed by atoms with Crippen LogP contribution in [0.15, 0.2) is 231 Å². The van der Waals surface area contributed by atoms with E-state index in [0.717, 1.165) is 17.1 Å². The van der Waals surface area contributed by atoms with Crippen molar-refractivity contribution in [1.29, 1.82) is 0 Å². The Hall–Kier alpha value is -8.20. The number of fused-ring (bicyclic) bond motifs is 6. The Morgan fingerprint density at radius 1 is 0.343 bits per heavy atom. The third kappa shape index (κ3) is 6.79. The average molecular weight is 859 g/mol. The van der Waals surface area contributed by atoms with Gasteiger partial charge in [-0.15, -0.1) is 0 Å². The highest BCUT2D eigenvalue weighted by atomic mass is 15.1. The molecule has 0 atom stereocenters. The lowest BCUT2D eigenvalue weighted by atomic mass is 9.81. The van der Waals surface area contributed by atoms with Crippen molar-refractivity contribution in [2.45, 2.75) is 33.1 Å². The van der Waals surface area contributed by atoms with Crippen molar-refractivity contribution < 1.29 is 0 Å². The van der Waals surface area contributed by atoms with Crippen LogP contribution in [0.3, 0.4) is 0 Å². The molecule has 0 bridgehead atoms. The summed E-state index contributed by atoms with van der Waals surface area (Å²) in [7, 11) is 0. The first-order valence-electron chi connectivity index (χ1n) is 23.4. The number of aromatic nitrogens is 1. The monoisotopic (exact) mass is 858 g/mol. The molecule has 12 rings (SSSR count). The van der Waals surface area contributed by atoms with Crippen molar-refractivity contribution in [3.63, 3.8) is 0 Å². The number of benzene rings is 10. The van der Waals surface area contributed by atoms with E-state index in [1.54, 1.807) is 0 Å². The Bertz CT molecular complexity index is 3610. The summed E-state index contributed by atoms with van der Waals surface area (Å²) in [6.45, 7) is 9.20. The molecular weight excluding hydrogens is 809 g/mol. The second-order valence-corrected chi connectivity index (χ2v) is 18.6. The van der Waals surface area contributed by atoms with Crippen molar-refractivity contribution in [1.82, 2.24) is 4.57 Å². The molecule has 320 valence electrons. The minimum absolute atomic E-state index is 0.0569. The molecule has 0 saturated heterocycles. The van der Waals surface area contributed by atoms with Gasteiger partial charge in [0.05, 0.1) is 16.7 Å². The average Bonchev–Trinajstić information content (AvgIpc) is 3.83. The molecule has 67 heavy (non-hydrogen) atoms. The van der Waals surface area contributed by atoms with E-state index in [2.05, 4.69) is 268 Å². The Balaban J connectivity index is 0.939. The van der Waals surface area contributed by atoms with Crippen molar-refractivity contribution >= 4 is 38.9 Å². The highest BCUT2D eigenvalue weighted by Gasteiger charge is 2.35. The summed E-state index contributed by atoms with van der Waals surface area (Å²) >= 11 is 0. The molecule has 0 spiro atoms. The lowest BCUT2D eigenvalue weighted by Crippen LogP contribution is -2.14. The van der Waals surface area contributed by atoms with Gasteiger partial charge in [-0.1, -0.05) is 184 Å². The Morgan fingerprint density at radius 2 is 0.836 bits per heavy atom. The predicted octanol–water partition coefficient (Wildman–Crippen LogP) is 17.8. The standard InChI is InChI=1S/C65H50N2/c1-43-40-51(35-38-53(43)54-39-36-52(41-44(54)2)67-63-24-14-10-20-58(63)59-21-11-15-25-64(59)67)66(62-23-13-9-18-55(62)48-28-26-46(27-29-48)45-16-6-5-7-17-45)50-33-30-47(31-34-50)49-32-37-57-56-19-8-12-22-60(56)65(3,4)61(57)42-49/h5-42H,1-4H3. The molecule has 1 heterocycles. The highest BCUT2D eigenvalue weighted by Crippen LogP contribution is 2.50. The van der Waals surface area contributed by atoms with Gasteiger partial charge in [0, 0.05) is 38.8 Å². The summed E-state index contributed by atoms with van der Waals surface area (Å²) < 4.78 is 2.40. The highest BCUT2D eigenvalue weighted by molar-refractivity contribution is 6.09. The summed E-state index contributed by atoms with van der Waals surface area (Å²) in [6.07, 6.45) is 0. The zero-order valence-electron chi connectivity index (χ0n) is 38.3. The van der Waals surface area contributed by atoms with Gasteiger partial charge >= 0.3 is 0 Å². The van der Waals surface area contributed by atoms with Gasteiger partial charge in [-0.05, 0) is 147 Å². The quantitative estimate of drug-likeness (QED) is 0.148. The van der Waals surface area contributed by atoms with Gasteiger partial charge in [-0.3, -0.25) is 0 Å². The van der Waals surface area contributed by atoms with E-state index in [1.807, 2.05) is 0 Å². The first-order valence-corrected chi connectivity index (χ1v) is 23.4. The molecule has 1 aromatic heterocycles. The second kappa shape index (κ2) is 16.0. The smallest absolute Gasteiger partial charge is 0.0541 e. The number of nitrogens with zero attached hydrogens (tertiary/aromatic N) is 2. The summed E-state index contributed by atoms with van der Waals surface area (Å²) in [5.74, 6) is 0. The number of aryl methyl sites for hydroxylation is 2. The van der Waals surface area contributed by atoms with Crippen molar-refractivity contribution in [3.8, 4) is 61.3 Å². The van der Waals surface area contributed by atoms with Crippen LogP contribution in [0.25, 0.3) is 83.1 Å². The van der Waals surface area contributed by atoms with Crippen molar-refractivity contribution in [3.05, 3.63) is 253 Å². The molecule has 11 aromatic rings. The van der Waals surface area contributed by atoms with Crippen LogP contribution in [0, 0.1) is 13.8 Å². The molecular formula is C65H50N2. The molecule has 2 heteroatoms. The van der Waals surface area contributed by atoms with Crippen LogP contribution in [0.1, 0.15) is 36.1 Å². The molecule has 0 radical (unpaired) electrons. The Kier molecular flexibility index (Phi) is 9.66. The summed E-state index contributed by atoms with van der Waals surface area (Å²) in [5.41, 5.74) is 24.5. The first-order chi connectivity index (χ1) is 32.8. The van der Waals surface area contributed by atoms with Gasteiger partial charge in [0.15, 0.2) is 0 Å². The zero-order chi connectivity index (χ0) is 45.2. The fraction of sp³-hybridized carbons (Fsp3) is 0.0769. The number of para-hydroxylation sites is 3. The molecule has 0 fully saturated rings. The largest absolute Gasteiger partial charge is 0.310 e. The molecule has 0 amide bonds. The second-order valence-electron chi connectivity index (χ2n) is 18.6. The van der Waals surface area contributed by atoms with Crippen LogP contribution >= 0.6 is 0 Å². The SMILES string of the molecule is Cc1cc(N(c2ccc(-c3ccc4c(c3)C(C)(C)c3ccccc3-4)cc2)c2ccccc2-c2ccc(-c3ccccc3)cc2)ccc1-c1ccc(-n2c3ccccc3c3ccccc32)cc1C. The van der Waals surface area contributed by atoms with E-state index < -0.39 is 0 Å². The number of anilines is 3. The van der Waals surface area contributed by atoms with Gasteiger partial charge < -0.3 is 9.47 Å². The molecule has 1 aliphatic rings. The molecule has 0 N–H and O–H groups in total. The summed E-state index contributed by atoms with van der Waals surface area (Å²) in [4.78, 5) is 2.43. The Labute approximate surface area is 393 Å². The number of hydrogen-bond acceptors (Lipinski definition) is 1. The minimum atomic E-state index is -0.0569. The maximum absolute atomic E-state index is 2.43. The molecule has 0 saturated carbocycles. The van der Waals surface area contributed by atoms with Gasteiger partial charge in [0.25, 0.3) is 0 Å². The van der Waals surface area contributed by atoms with Gasteiger partial charge in [0.1, 0.15) is 0 Å². The van der Waals surface area contributed by atoms with E-state index in [9.17, 15) is 0 Å². The van der Waals surface area contributed by atoms with Crippen molar-refractivity contribution in [2.75, 3.05) is 4.90 Å². The van der Waals surface area contributed by atoms with Crippen LogP contribution < -0.4 is 4.90 Å². The summed E-state index contributed by atoms with van der Waals surface area (Å²) in [6, 6.07) is 84.8. The molecule has 10 aromatic carbocycles. The van der Waals surface area contributed by atoms with Crippen LogP contribution in [0.2, 0.25) is 0 Å². The first kappa shape index (κ1) is 40.3. The topological polar surface area (TPSA) is 8.17 Å². The van der Waals surface area contributed by atoms with E-state index in [4.69, 9.17) is 0 Å². The normalized spacial score (nSPS) is 12.6. The van der Waals surface area contributed by atoms with Crippen LogP contribution in [-0.4, -0.2) is 4.57 Å². The van der Waals surface area contributed by atoms with Gasteiger partial charge in [-0.2, -0.15) is 0 Å². The lowest BCUT2D eigenvalue weighted by Gasteiger charge is -2.29. The predicted molar refractivity (Wildman–Crippen MR) is 284 cm³/mol. The third-order valence-corrected chi connectivity index (χ3v) is 14.3. The lowest BCUT2D eigenvalue weighted by molar-refractivity contribution is 0.660. The van der Waals surface area contributed by atoms with Crippen LogP contribution in [-0.2, 0) is 5.41 Å².